The van der Waals surface area contributed by atoms with Crippen LogP contribution in [0.5, 0.6) is 0 Å². The lowest BCUT2D eigenvalue weighted by Crippen LogP contribution is -2.09. The number of rotatable bonds is 9. The zero-order chi connectivity index (χ0) is 50.1. The average Bonchev–Trinajstić information content (AvgIpc) is 4.21. The van der Waals surface area contributed by atoms with Gasteiger partial charge in [-0.25, -0.2) is 0 Å². The molecule has 4 heteroatoms. The van der Waals surface area contributed by atoms with E-state index < -0.39 is 0 Å². The van der Waals surface area contributed by atoms with Crippen LogP contribution in [0, 0.1) is 0 Å². The minimum atomic E-state index is 1.08. The molecule has 0 saturated heterocycles. The van der Waals surface area contributed by atoms with Crippen molar-refractivity contribution in [3.05, 3.63) is 291 Å². The zero-order valence-electron chi connectivity index (χ0n) is 41.5. The second-order valence-corrected chi connectivity index (χ2v) is 19.7. The summed E-state index contributed by atoms with van der Waals surface area (Å²) in [6.07, 6.45) is 0. The van der Waals surface area contributed by atoms with E-state index in [2.05, 4.69) is 310 Å². The summed E-state index contributed by atoms with van der Waals surface area (Å²) in [5.74, 6) is 0. The number of hydrogen-bond acceptors (Lipinski definition) is 1. The first-order valence-electron chi connectivity index (χ1n) is 26.1. The summed E-state index contributed by atoms with van der Waals surface area (Å²) in [6, 6.07) is 106. The molecule has 0 aliphatic carbocycles. The molecule has 3 aromatic heterocycles. The molecule has 76 heavy (non-hydrogen) atoms. The summed E-state index contributed by atoms with van der Waals surface area (Å²) in [5, 5.41) is 7.59. The lowest BCUT2D eigenvalue weighted by atomic mass is 10.0. The van der Waals surface area contributed by atoms with Crippen LogP contribution < -0.4 is 4.90 Å². The second kappa shape index (κ2) is 17.8. The van der Waals surface area contributed by atoms with Gasteiger partial charge in [0, 0.05) is 66.4 Å². The number of nitrogens with zero attached hydrogens (tertiary/aromatic N) is 4. The Morgan fingerprint density at radius 2 is 0.342 bits per heavy atom. The lowest BCUT2D eigenvalue weighted by Gasteiger charge is -2.26. The molecule has 0 bridgehead atoms. The van der Waals surface area contributed by atoms with Gasteiger partial charge in [-0.1, -0.05) is 182 Å². The molecule has 12 aromatic carbocycles. The fraction of sp³-hybridized carbons (Fsp3) is 0. The van der Waals surface area contributed by atoms with Crippen LogP contribution >= 0.6 is 0 Å². The van der Waals surface area contributed by atoms with Crippen molar-refractivity contribution in [2.24, 2.45) is 0 Å². The molecule has 0 N–H and O–H groups in total. The van der Waals surface area contributed by atoms with Crippen molar-refractivity contribution in [1.29, 1.82) is 0 Å². The first-order chi connectivity index (χ1) is 37.7. The Balaban J connectivity index is 0.756. The van der Waals surface area contributed by atoms with Crippen LogP contribution in [0.1, 0.15) is 0 Å². The molecule has 15 rings (SSSR count). The molecule has 0 atom stereocenters. The fourth-order valence-corrected chi connectivity index (χ4v) is 11.9. The van der Waals surface area contributed by atoms with Gasteiger partial charge < -0.3 is 18.6 Å². The third kappa shape index (κ3) is 7.14. The molecule has 0 amide bonds. The Bertz CT molecular complexity index is 4000. The van der Waals surface area contributed by atoms with Crippen molar-refractivity contribution in [3.63, 3.8) is 0 Å². The molecular formula is C72H48N4. The first-order valence-corrected chi connectivity index (χ1v) is 26.1. The van der Waals surface area contributed by atoms with Crippen LogP contribution in [0.4, 0.5) is 17.1 Å². The Morgan fingerprint density at radius 3 is 0.539 bits per heavy atom. The van der Waals surface area contributed by atoms with Gasteiger partial charge in [-0.15, -0.1) is 0 Å². The molecule has 0 aliphatic heterocycles. The van der Waals surface area contributed by atoms with Crippen LogP contribution in [0.15, 0.2) is 291 Å². The predicted molar refractivity (Wildman–Crippen MR) is 320 cm³/mol. The summed E-state index contributed by atoms with van der Waals surface area (Å²) < 4.78 is 7.11. The molecule has 3 heterocycles. The van der Waals surface area contributed by atoms with Crippen LogP contribution in [0.3, 0.4) is 0 Å². The molecule has 15 aromatic rings. The van der Waals surface area contributed by atoms with Gasteiger partial charge >= 0.3 is 0 Å². The largest absolute Gasteiger partial charge is 0.311 e. The summed E-state index contributed by atoms with van der Waals surface area (Å²) in [6.45, 7) is 0. The van der Waals surface area contributed by atoms with Crippen LogP contribution in [0.25, 0.3) is 116 Å². The molecular weight excluding hydrogens is 921 g/mol. The summed E-state index contributed by atoms with van der Waals surface area (Å²) >= 11 is 0. The van der Waals surface area contributed by atoms with Crippen LogP contribution in [0.2, 0.25) is 0 Å². The average molecular weight is 969 g/mol. The number of benzene rings is 12. The lowest BCUT2D eigenvalue weighted by molar-refractivity contribution is 1.18. The second-order valence-electron chi connectivity index (χ2n) is 19.7. The number of hydrogen-bond donors (Lipinski definition) is 0. The van der Waals surface area contributed by atoms with Crippen molar-refractivity contribution in [1.82, 2.24) is 13.7 Å². The molecule has 4 nitrogen and oxygen atoms in total. The zero-order valence-corrected chi connectivity index (χ0v) is 41.5. The molecule has 0 radical (unpaired) electrons. The third-order valence-corrected chi connectivity index (χ3v) is 15.5. The van der Waals surface area contributed by atoms with Gasteiger partial charge in [0.25, 0.3) is 0 Å². The highest BCUT2D eigenvalue weighted by Gasteiger charge is 2.18. The topological polar surface area (TPSA) is 18.0 Å². The van der Waals surface area contributed by atoms with Gasteiger partial charge in [-0.3, -0.25) is 0 Å². The van der Waals surface area contributed by atoms with Crippen molar-refractivity contribution < 1.29 is 0 Å². The normalized spacial score (nSPS) is 11.7. The fourth-order valence-electron chi connectivity index (χ4n) is 11.9. The van der Waals surface area contributed by atoms with Gasteiger partial charge in [0.05, 0.1) is 33.1 Å². The van der Waals surface area contributed by atoms with E-state index in [1.807, 2.05) is 0 Å². The summed E-state index contributed by atoms with van der Waals surface area (Å²) in [7, 11) is 0. The molecule has 0 spiro atoms. The third-order valence-electron chi connectivity index (χ3n) is 15.5. The van der Waals surface area contributed by atoms with E-state index in [0.717, 1.165) is 50.8 Å². The smallest absolute Gasteiger partial charge is 0.0541 e. The summed E-state index contributed by atoms with van der Waals surface area (Å²) in [5.41, 5.74) is 21.0. The van der Waals surface area contributed by atoms with E-state index >= 15 is 0 Å². The van der Waals surface area contributed by atoms with Crippen LogP contribution in [-0.4, -0.2) is 13.7 Å². The van der Waals surface area contributed by atoms with E-state index in [1.54, 1.807) is 0 Å². The quantitative estimate of drug-likeness (QED) is 0.141. The molecule has 0 unspecified atom stereocenters. The van der Waals surface area contributed by atoms with Gasteiger partial charge in [-0.05, 0) is 143 Å². The molecule has 0 fully saturated rings. The predicted octanol–water partition coefficient (Wildman–Crippen LogP) is 19.4. The number of para-hydroxylation sites is 6. The van der Waals surface area contributed by atoms with Gasteiger partial charge in [-0.2, -0.15) is 0 Å². The minimum absolute atomic E-state index is 1.08. The maximum Gasteiger partial charge on any atom is 0.0541 e. The molecule has 0 saturated carbocycles. The molecule has 0 aliphatic rings. The highest BCUT2D eigenvalue weighted by atomic mass is 15.1. The van der Waals surface area contributed by atoms with Crippen molar-refractivity contribution in [2.75, 3.05) is 4.90 Å². The maximum atomic E-state index is 2.37. The van der Waals surface area contributed by atoms with Gasteiger partial charge in [0.2, 0.25) is 0 Å². The monoisotopic (exact) mass is 968 g/mol. The number of fused-ring (bicyclic) bond motifs is 9. The Hall–Kier alpha value is -10.2. The van der Waals surface area contributed by atoms with E-state index in [4.69, 9.17) is 0 Å². The van der Waals surface area contributed by atoms with Gasteiger partial charge in [0.1, 0.15) is 0 Å². The van der Waals surface area contributed by atoms with E-state index in [-0.39, 0.29) is 0 Å². The number of anilines is 3. The minimum Gasteiger partial charge on any atom is -0.311 e. The van der Waals surface area contributed by atoms with E-state index in [1.165, 1.54) is 82.1 Å². The SMILES string of the molecule is c1ccc2c(c1)c1ccccc1n2-c1ccc(-c2ccc(N(c3ccc(-c4ccc(-n5c6ccccc6c6ccccc65)cc4)cc3)c3ccc(-c4ccc(-n5c6ccccc6c6ccccc65)cc4)cc3)cc2)cc1. The standard InChI is InChI=1S/C72H48N4/c1-7-19-67-61(13-1)62-14-2-8-20-68(62)74(67)58-43-31-52(32-44-58)49-25-37-55(38-26-49)73(56-39-27-50(28-40-56)53-33-45-59(46-34-53)75-69-21-9-3-15-63(69)64-16-4-10-22-70(64)75)57-41-29-51(30-42-57)54-35-47-60(48-36-54)76-71-23-11-5-17-65(71)66-18-6-12-24-72(66)76/h1-48H. The van der Waals surface area contributed by atoms with E-state index in [9.17, 15) is 0 Å². The maximum absolute atomic E-state index is 2.37. The Kier molecular flexibility index (Phi) is 10.2. The van der Waals surface area contributed by atoms with E-state index in [0.29, 0.717) is 0 Å². The van der Waals surface area contributed by atoms with Crippen molar-refractivity contribution in [2.45, 2.75) is 0 Å². The molecule has 356 valence electrons. The highest BCUT2D eigenvalue weighted by molar-refractivity contribution is 6.11. The summed E-state index contributed by atoms with van der Waals surface area (Å²) in [4.78, 5) is 2.36. The van der Waals surface area contributed by atoms with Crippen molar-refractivity contribution in [3.8, 4) is 50.4 Å². The Morgan fingerprint density at radius 1 is 0.171 bits per heavy atom. The first kappa shape index (κ1) is 43.4. The number of aromatic nitrogens is 3. The van der Waals surface area contributed by atoms with Crippen LogP contribution in [-0.2, 0) is 0 Å². The Labute approximate surface area is 440 Å². The van der Waals surface area contributed by atoms with Gasteiger partial charge in [0.15, 0.2) is 0 Å². The highest BCUT2D eigenvalue weighted by Crippen LogP contribution is 2.40. The van der Waals surface area contributed by atoms with Crippen molar-refractivity contribution >= 4 is 82.5 Å².